The van der Waals surface area contributed by atoms with Crippen LogP contribution in [0.3, 0.4) is 0 Å². The molecule has 11 heteroatoms. The molecule has 0 aliphatic carbocycles. The molecule has 0 atom stereocenters. The minimum atomic E-state index is -0.517. The number of hydrogen-bond donors (Lipinski definition) is 1. The molecule has 0 bridgehead atoms. The average molecular weight is 489 g/mol. The van der Waals surface area contributed by atoms with E-state index in [1.54, 1.807) is 24.0 Å². The van der Waals surface area contributed by atoms with E-state index >= 15 is 0 Å². The largest absolute Gasteiger partial charge is 0.465 e. The highest BCUT2D eigenvalue weighted by Crippen LogP contribution is 2.36. The SMILES string of the molecule is CCOC(=O)N1CCN(Cc2ccc3c(NC(=O)c4cccs4)c(C(=O)OC)sc3n2)CC1. The summed E-state index contributed by atoms with van der Waals surface area (Å²) in [5.41, 5.74) is 1.27. The summed E-state index contributed by atoms with van der Waals surface area (Å²) < 4.78 is 9.99. The van der Waals surface area contributed by atoms with Gasteiger partial charge in [-0.3, -0.25) is 9.69 Å². The van der Waals surface area contributed by atoms with E-state index in [0.29, 0.717) is 51.9 Å². The van der Waals surface area contributed by atoms with Crippen molar-refractivity contribution in [2.75, 3.05) is 45.2 Å². The van der Waals surface area contributed by atoms with Gasteiger partial charge in [0.25, 0.3) is 5.91 Å². The van der Waals surface area contributed by atoms with Gasteiger partial charge in [-0.2, -0.15) is 0 Å². The van der Waals surface area contributed by atoms with Crippen LogP contribution in [0, 0.1) is 0 Å². The minimum Gasteiger partial charge on any atom is -0.465 e. The summed E-state index contributed by atoms with van der Waals surface area (Å²) in [6, 6.07) is 7.30. The fourth-order valence-corrected chi connectivity index (χ4v) is 5.27. The summed E-state index contributed by atoms with van der Waals surface area (Å²) in [5, 5.41) is 5.38. The number of esters is 1. The third-order valence-electron chi connectivity index (χ3n) is 5.25. The Morgan fingerprint density at radius 1 is 1.15 bits per heavy atom. The molecular formula is C22H24N4O5S2. The van der Waals surface area contributed by atoms with Gasteiger partial charge in [-0.05, 0) is 30.5 Å². The molecule has 4 heterocycles. The molecular weight excluding hydrogens is 464 g/mol. The van der Waals surface area contributed by atoms with Gasteiger partial charge < -0.3 is 19.7 Å². The summed E-state index contributed by atoms with van der Waals surface area (Å²) in [6.45, 7) is 5.43. The van der Waals surface area contributed by atoms with Gasteiger partial charge in [0.05, 0.1) is 30.0 Å². The van der Waals surface area contributed by atoms with E-state index in [2.05, 4.69) is 10.2 Å². The van der Waals surface area contributed by atoms with E-state index in [0.717, 1.165) is 18.8 Å². The zero-order valence-corrected chi connectivity index (χ0v) is 20.0. The molecule has 1 fully saturated rings. The highest BCUT2D eigenvalue weighted by Gasteiger charge is 2.24. The molecule has 174 valence electrons. The molecule has 33 heavy (non-hydrogen) atoms. The van der Waals surface area contributed by atoms with E-state index in [9.17, 15) is 14.4 Å². The number of carbonyl (C=O) groups is 3. The monoisotopic (exact) mass is 488 g/mol. The molecule has 2 amide bonds. The maximum absolute atomic E-state index is 12.6. The number of methoxy groups -OCH3 is 1. The van der Waals surface area contributed by atoms with E-state index < -0.39 is 5.97 Å². The molecule has 1 saturated heterocycles. The summed E-state index contributed by atoms with van der Waals surface area (Å²) >= 11 is 2.52. The standard InChI is InChI=1S/C22H24N4O5S2/c1-3-31-22(29)26-10-8-25(9-11-26)13-14-6-7-15-17(24-19(27)16-5-4-12-32-16)18(21(28)30-2)33-20(15)23-14/h4-7,12H,3,8-11,13H2,1-2H3,(H,24,27). The van der Waals surface area contributed by atoms with Crippen molar-refractivity contribution in [1.29, 1.82) is 0 Å². The Bertz CT molecular complexity index is 1150. The summed E-state index contributed by atoms with van der Waals surface area (Å²) in [6.07, 6.45) is -0.275. The van der Waals surface area contributed by atoms with Crippen molar-refractivity contribution in [3.05, 3.63) is 45.1 Å². The highest BCUT2D eigenvalue weighted by molar-refractivity contribution is 7.21. The summed E-state index contributed by atoms with van der Waals surface area (Å²) in [5.74, 6) is -0.797. The number of piperazine rings is 1. The van der Waals surface area contributed by atoms with Crippen molar-refractivity contribution in [1.82, 2.24) is 14.8 Å². The van der Waals surface area contributed by atoms with Crippen molar-refractivity contribution in [3.8, 4) is 0 Å². The first-order chi connectivity index (χ1) is 16.0. The lowest BCUT2D eigenvalue weighted by atomic mass is 10.2. The number of pyridine rings is 1. The normalized spacial score (nSPS) is 14.3. The smallest absolute Gasteiger partial charge is 0.409 e. The van der Waals surface area contributed by atoms with Crippen molar-refractivity contribution >= 4 is 56.5 Å². The highest BCUT2D eigenvalue weighted by atomic mass is 32.1. The molecule has 1 aliphatic heterocycles. The van der Waals surface area contributed by atoms with Gasteiger partial charge in [-0.15, -0.1) is 22.7 Å². The van der Waals surface area contributed by atoms with E-state index in [1.165, 1.54) is 29.8 Å². The van der Waals surface area contributed by atoms with Crippen LogP contribution >= 0.6 is 22.7 Å². The predicted octanol–water partition coefficient (Wildman–Crippen LogP) is 3.67. The molecule has 3 aromatic heterocycles. The first-order valence-corrected chi connectivity index (χ1v) is 12.2. The number of anilines is 1. The zero-order chi connectivity index (χ0) is 23.4. The second kappa shape index (κ2) is 10.3. The molecule has 0 spiro atoms. The van der Waals surface area contributed by atoms with Gasteiger partial charge in [-0.25, -0.2) is 14.6 Å². The van der Waals surface area contributed by atoms with Gasteiger partial charge in [0.15, 0.2) is 0 Å². The lowest BCUT2D eigenvalue weighted by molar-refractivity contribution is 0.0607. The molecule has 0 unspecified atom stereocenters. The van der Waals surface area contributed by atoms with Gasteiger partial charge in [0.1, 0.15) is 9.71 Å². The average Bonchev–Trinajstić information content (AvgIpc) is 3.48. The fraction of sp³-hybridized carbons (Fsp3) is 0.364. The van der Waals surface area contributed by atoms with Crippen molar-refractivity contribution < 1.29 is 23.9 Å². The Kier molecular flexibility index (Phi) is 7.21. The Balaban J connectivity index is 1.51. The Morgan fingerprint density at radius 3 is 2.61 bits per heavy atom. The molecule has 0 aromatic carbocycles. The second-order valence-electron chi connectivity index (χ2n) is 7.35. The number of hydrogen-bond acceptors (Lipinski definition) is 9. The number of rotatable bonds is 6. The number of carbonyl (C=O) groups excluding carboxylic acids is 3. The summed E-state index contributed by atoms with van der Waals surface area (Å²) in [7, 11) is 1.31. The Hall–Kier alpha value is -3.02. The van der Waals surface area contributed by atoms with Crippen LogP contribution in [0.4, 0.5) is 10.5 Å². The Labute approximate surface area is 198 Å². The Morgan fingerprint density at radius 2 is 1.94 bits per heavy atom. The van der Waals surface area contributed by atoms with Crippen molar-refractivity contribution in [2.24, 2.45) is 0 Å². The number of aromatic nitrogens is 1. The zero-order valence-electron chi connectivity index (χ0n) is 18.3. The van der Waals surface area contributed by atoms with Gasteiger partial charge in [0.2, 0.25) is 0 Å². The third kappa shape index (κ3) is 5.15. The first-order valence-electron chi connectivity index (χ1n) is 10.5. The number of amides is 2. The number of thiophene rings is 2. The fourth-order valence-electron chi connectivity index (χ4n) is 3.58. The van der Waals surface area contributed by atoms with Crippen LogP contribution < -0.4 is 5.32 Å². The molecule has 3 aromatic rings. The van der Waals surface area contributed by atoms with Crippen LogP contribution in [0.5, 0.6) is 0 Å². The summed E-state index contributed by atoms with van der Waals surface area (Å²) in [4.78, 5) is 47.0. The topological polar surface area (TPSA) is 101 Å². The first kappa shape index (κ1) is 23.1. The maximum Gasteiger partial charge on any atom is 0.409 e. The van der Waals surface area contributed by atoms with Gasteiger partial charge in [0, 0.05) is 38.1 Å². The predicted molar refractivity (Wildman–Crippen MR) is 127 cm³/mol. The minimum absolute atomic E-state index is 0.275. The molecule has 4 rings (SSSR count). The number of nitrogens with zero attached hydrogens (tertiary/aromatic N) is 3. The number of nitrogens with one attached hydrogen (secondary N) is 1. The van der Waals surface area contributed by atoms with Crippen molar-refractivity contribution in [2.45, 2.75) is 13.5 Å². The van der Waals surface area contributed by atoms with Crippen LogP contribution in [0.2, 0.25) is 0 Å². The molecule has 0 saturated carbocycles. The van der Waals surface area contributed by atoms with Crippen LogP contribution in [0.25, 0.3) is 10.2 Å². The van der Waals surface area contributed by atoms with Crippen LogP contribution in [-0.2, 0) is 16.0 Å². The molecule has 0 radical (unpaired) electrons. The third-order valence-corrected chi connectivity index (χ3v) is 7.20. The van der Waals surface area contributed by atoms with Crippen molar-refractivity contribution in [3.63, 3.8) is 0 Å². The van der Waals surface area contributed by atoms with E-state index in [1.807, 2.05) is 17.5 Å². The number of ether oxygens (including phenoxy) is 2. The maximum atomic E-state index is 12.6. The van der Waals surface area contributed by atoms with Crippen LogP contribution in [0.1, 0.15) is 32.0 Å². The van der Waals surface area contributed by atoms with Crippen LogP contribution in [0.15, 0.2) is 29.6 Å². The lowest BCUT2D eigenvalue weighted by Crippen LogP contribution is -2.48. The van der Waals surface area contributed by atoms with Gasteiger partial charge in [-0.1, -0.05) is 6.07 Å². The lowest BCUT2D eigenvalue weighted by Gasteiger charge is -2.33. The molecule has 1 N–H and O–H groups in total. The number of fused-ring (bicyclic) bond motifs is 1. The van der Waals surface area contributed by atoms with Gasteiger partial charge >= 0.3 is 12.1 Å². The molecule has 1 aliphatic rings. The molecule has 9 nitrogen and oxygen atoms in total. The van der Waals surface area contributed by atoms with Crippen LogP contribution in [-0.4, -0.2) is 72.6 Å². The quantitative estimate of drug-likeness (QED) is 0.528. The second-order valence-corrected chi connectivity index (χ2v) is 9.29. The van der Waals surface area contributed by atoms with E-state index in [-0.39, 0.29) is 12.0 Å². The van der Waals surface area contributed by atoms with E-state index in [4.69, 9.17) is 14.5 Å².